The Labute approximate surface area is 102 Å². The van der Waals surface area contributed by atoms with Crippen LogP contribution in [0.2, 0.25) is 0 Å². The molecule has 1 aromatic carbocycles. The minimum absolute atomic E-state index is 0.116. The van der Waals surface area contributed by atoms with Crippen LogP contribution in [0.1, 0.15) is 5.56 Å². The molecule has 0 unspecified atom stereocenters. The molecule has 0 N–H and O–H groups in total. The van der Waals surface area contributed by atoms with Crippen LogP contribution in [0.25, 0.3) is 11.1 Å². The number of hydrogen-bond donors (Lipinski definition) is 0. The van der Waals surface area contributed by atoms with Gasteiger partial charge < -0.3 is 4.74 Å². The second-order valence-corrected chi connectivity index (χ2v) is 3.65. The fraction of sp³-hybridized carbons (Fsp3) is 0.154. The molecule has 0 radical (unpaired) electrons. The highest BCUT2D eigenvalue weighted by atomic mass is 19.4. The van der Waals surface area contributed by atoms with Crippen molar-refractivity contribution in [2.24, 2.45) is 0 Å². The lowest BCUT2D eigenvalue weighted by molar-refractivity contribution is -0.137. The molecule has 0 aliphatic carbocycles. The van der Waals surface area contributed by atoms with Crippen molar-refractivity contribution in [3.05, 3.63) is 48.3 Å². The van der Waals surface area contributed by atoms with Crippen molar-refractivity contribution in [3.8, 4) is 16.9 Å². The normalized spacial score (nSPS) is 11.3. The van der Waals surface area contributed by atoms with Gasteiger partial charge in [0.1, 0.15) is 5.75 Å². The average molecular weight is 253 g/mol. The largest absolute Gasteiger partial charge is 0.497 e. The van der Waals surface area contributed by atoms with E-state index in [0.717, 1.165) is 6.07 Å². The lowest BCUT2D eigenvalue weighted by Gasteiger charge is -2.14. The lowest BCUT2D eigenvalue weighted by atomic mass is 10.00. The van der Waals surface area contributed by atoms with E-state index < -0.39 is 11.7 Å². The number of aromatic nitrogens is 1. The van der Waals surface area contributed by atoms with Crippen molar-refractivity contribution in [3.63, 3.8) is 0 Å². The first-order valence-electron chi connectivity index (χ1n) is 5.18. The van der Waals surface area contributed by atoms with Crippen molar-refractivity contribution in [1.82, 2.24) is 4.98 Å². The third-order valence-electron chi connectivity index (χ3n) is 2.52. The molecular formula is C13H10F3NO. The first-order chi connectivity index (χ1) is 8.52. The van der Waals surface area contributed by atoms with Gasteiger partial charge in [0, 0.05) is 12.4 Å². The molecule has 5 heteroatoms. The van der Waals surface area contributed by atoms with E-state index in [2.05, 4.69) is 4.98 Å². The molecule has 0 spiro atoms. The summed E-state index contributed by atoms with van der Waals surface area (Å²) in [6, 6.07) is 6.98. The predicted octanol–water partition coefficient (Wildman–Crippen LogP) is 3.78. The van der Waals surface area contributed by atoms with E-state index in [4.69, 9.17) is 4.74 Å². The van der Waals surface area contributed by atoms with E-state index in [1.807, 2.05) is 0 Å². The van der Waals surface area contributed by atoms with E-state index >= 15 is 0 Å². The van der Waals surface area contributed by atoms with Crippen LogP contribution in [0.4, 0.5) is 13.2 Å². The molecule has 1 aromatic heterocycles. The Morgan fingerprint density at radius 2 is 1.72 bits per heavy atom. The smallest absolute Gasteiger partial charge is 0.417 e. The third-order valence-corrected chi connectivity index (χ3v) is 2.52. The Morgan fingerprint density at radius 1 is 1.06 bits per heavy atom. The lowest BCUT2D eigenvalue weighted by Crippen LogP contribution is -2.07. The molecule has 0 fully saturated rings. The van der Waals surface area contributed by atoms with E-state index in [1.165, 1.54) is 43.8 Å². The highest BCUT2D eigenvalue weighted by Crippen LogP contribution is 2.38. The van der Waals surface area contributed by atoms with Crippen LogP contribution in [0.5, 0.6) is 5.75 Å². The van der Waals surface area contributed by atoms with Gasteiger partial charge in [-0.15, -0.1) is 0 Å². The fourth-order valence-electron chi connectivity index (χ4n) is 1.67. The summed E-state index contributed by atoms with van der Waals surface area (Å²) >= 11 is 0. The first-order valence-corrected chi connectivity index (χ1v) is 5.18. The number of methoxy groups -OCH3 is 1. The Balaban J connectivity index is 2.61. The molecule has 94 valence electrons. The molecule has 2 rings (SSSR count). The molecular weight excluding hydrogens is 243 g/mol. The second kappa shape index (κ2) is 4.68. The van der Waals surface area contributed by atoms with Gasteiger partial charge in [-0.25, -0.2) is 0 Å². The van der Waals surface area contributed by atoms with E-state index in [9.17, 15) is 13.2 Å². The zero-order valence-corrected chi connectivity index (χ0v) is 9.53. The summed E-state index contributed by atoms with van der Waals surface area (Å²) in [6.45, 7) is 0. The van der Waals surface area contributed by atoms with Crippen LogP contribution in [0.15, 0.2) is 42.7 Å². The van der Waals surface area contributed by atoms with Gasteiger partial charge in [-0.05, 0) is 35.4 Å². The summed E-state index contributed by atoms with van der Waals surface area (Å²) in [5, 5.41) is 0. The van der Waals surface area contributed by atoms with Crippen LogP contribution < -0.4 is 4.74 Å². The molecule has 0 bridgehead atoms. The number of halogens is 3. The van der Waals surface area contributed by atoms with Gasteiger partial charge in [-0.3, -0.25) is 4.98 Å². The Bertz CT molecular complexity index is 538. The van der Waals surface area contributed by atoms with Crippen molar-refractivity contribution >= 4 is 0 Å². The van der Waals surface area contributed by atoms with Crippen LogP contribution >= 0.6 is 0 Å². The predicted molar refractivity (Wildman–Crippen MR) is 61.2 cm³/mol. The number of ether oxygens (including phenoxy) is 1. The van der Waals surface area contributed by atoms with Gasteiger partial charge in [-0.2, -0.15) is 13.2 Å². The molecule has 0 saturated heterocycles. The summed E-state index contributed by atoms with van der Waals surface area (Å²) in [4.78, 5) is 3.79. The highest BCUT2D eigenvalue weighted by Gasteiger charge is 2.34. The number of pyridine rings is 1. The van der Waals surface area contributed by atoms with Crippen molar-refractivity contribution in [2.75, 3.05) is 7.11 Å². The number of rotatable bonds is 2. The second-order valence-electron chi connectivity index (χ2n) is 3.65. The fourth-order valence-corrected chi connectivity index (χ4v) is 1.67. The molecule has 0 atom stereocenters. The van der Waals surface area contributed by atoms with Crippen molar-refractivity contribution in [1.29, 1.82) is 0 Å². The molecule has 0 aliphatic heterocycles. The van der Waals surface area contributed by atoms with Crippen LogP contribution in [0, 0.1) is 0 Å². The molecule has 1 heterocycles. The van der Waals surface area contributed by atoms with Crippen LogP contribution in [-0.2, 0) is 6.18 Å². The summed E-state index contributed by atoms with van der Waals surface area (Å²) < 4.78 is 43.8. The Hall–Kier alpha value is -2.04. The topological polar surface area (TPSA) is 22.1 Å². The van der Waals surface area contributed by atoms with E-state index in [1.54, 1.807) is 0 Å². The standard InChI is InChI=1S/C13H10F3NO/c1-18-10-2-3-11(9-4-6-17-7-5-9)12(8-10)13(14,15)16/h2-8H,1H3. The molecule has 0 saturated carbocycles. The monoisotopic (exact) mass is 253 g/mol. The zero-order valence-electron chi connectivity index (χ0n) is 9.53. The molecule has 18 heavy (non-hydrogen) atoms. The number of nitrogens with zero attached hydrogens (tertiary/aromatic N) is 1. The molecule has 2 nitrogen and oxygen atoms in total. The Kier molecular flexibility index (Phi) is 3.23. The van der Waals surface area contributed by atoms with Gasteiger partial charge in [0.2, 0.25) is 0 Å². The van der Waals surface area contributed by atoms with Crippen molar-refractivity contribution in [2.45, 2.75) is 6.18 Å². The minimum Gasteiger partial charge on any atom is -0.497 e. The number of hydrogen-bond acceptors (Lipinski definition) is 2. The zero-order chi connectivity index (χ0) is 13.2. The third kappa shape index (κ3) is 2.45. The molecule has 0 amide bonds. The SMILES string of the molecule is COc1ccc(-c2ccncc2)c(C(F)(F)F)c1. The van der Waals surface area contributed by atoms with Crippen molar-refractivity contribution < 1.29 is 17.9 Å². The summed E-state index contributed by atoms with van der Waals surface area (Å²) in [7, 11) is 1.33. The maximum Gasteiger partial charge on any atom is 0.417 e. The number of alkyl halides is 3. The molecule has 2 aromatic rings. The average Bonchev–Trinajstić information content (AvgIpc) is 2.38. The quantitative estimate of drug-likeness (QED) is 0.812. The summed E-state index contributed by atoms with van der Waals surface area (Å²) in [5.41, 5.74) is -0.126. The van der Waals surface area contributed by atoms with Gasteiger partial charge in [0.25, 0.3) is 0 Å². The Morgan fingerprint density at radius 3 is 2.28 bits per heavy atom. The minimum atomic E-state index is -4.42. The maximum absolute atomic E-state index is 13.0. The van der Waals surface area contributed by atoms with Gasteiger partial charge in [-0.1, -0.05) is 6.07 Å². The summed E-state index contributed by atoms with van der Waals surface area (Å²) in [6.07, 6.45) is -1.51. The molecule has 0 aliphatic rings. The van der Waals surface area contributed by atoms with E-state index in [-0.39, 0.29) is 11.3 Å². The first kappa shape index (κ1) is 12.4. The summed E-state index contributed by atoms with van der Waals surface area (Å²) in [5.74, 6) is 0.181. The number of benzene rings is 1. The van der Waals surface area contributed by atoms with Gasteiger partial charge >= 0.3 is 6.18 Å². The van der Waals surface area contributed by atoms with Crippen LogP contribution in [-0.4, -0.2) is 12.1 Å². The highest BCUT2D eigenvalue weighted by molar-refractivity contribution is 5.68. The van der Waals surface area contributed by atoms with E-state index in [0.29, 0.717) is 5.56 Å². The maximum atomic E-state index is 13.0. The van der Waals surface area contributed by atoms with Crippen LogP contribution in [0.3, 0.4) is 0 Å². The van der Waals surface area contributed by atoms with Gasteiger partial charge in [0.15, 0.2) is 0 Å². The van der Waals surface area contributed by atoms with Gasteiger partial charge in [0.05, 0.1) is 12.7 Å².